The van der Waals surface area contributed by atoms with Crippen molar-refractivity contribution < 1.29 is 9.18 Å². The van der Waals surface area contributed by atoms with Crippen molar-refractivity contribution in [1.82, 2.24) is 15.6 Å². The van der Waals surface area contributed by atoms with E-state index >= 15 is 0 Å². The maximum atomic E-state index is 13.2. The Bertz CT molecular complexity index is 757. The van der Waals surface area contributed by atoms with E-state index in [1.54, 1.807) is 0 Å². The summed E-state index contributed by atoms with van der Waals surface area (Å²) in [7, 11) is 0. The molecule has 1 aromatic carbocycles. The van der Waals surface area contributed by atoms with E-state index in [-0.39, 0.29) is 23.9 Å². The van der Waals surface area contributed by atoms with Crippen molar-refractivity contribution in [1.29, 1.82) is 0 Å². The minimum atomic E-state index is -0.450. The SMILES string of the molecule is Cl.O=C(NCCC1CCNC1)c1cc(=O)[nH]c2cc(F)ccc12. The average Bonchev–Trinajstić information content (AvgIpc) is 2.99. The molecule has 1 unspecified atom stereocenters. The molecule has 124 valence electrons. The number of aromatic nitrogens is 1. The number of carbonyl (C=O) groups is 1. The van der Waals surface area contributed by atoms with Gasteiger partial charge in [0.05, 0.1) is 11.1 Å². The van der Waals surface area contributed by atoms with Crippen LogP contribution in [0.15, 0.2) is 29.1 Å². The minimum Gasteiger partial charge on any atom is -0.352 e. The van der Waals surface area contributed by atoms with Crippen LogP contribution in [-0.4, -0.2) is 30.5 Å². The van der Waals surface area contributed by atoms with E-state index in [0.29, 0.717) is 23.4 Å². The smallest absolute Gasteiger partial charge is 0.252 e. The zero-order valence-corrected chi connectivity index (χ0v) is 13.3. The first-order valence-corrected chi connectivity index (χ1v) is 7.45. The van der Waals surface area contributed by atoms with Gasteiger partial charge in [-0.15, -0.1) is 12.4 Å². The summed E-state index contributed by atoms with van der Waals surface area (Å²) in [5.41, 5.74) is 0.198. The highest BCUT2D eigenvalue weighted by Gasteiger charge is 2.16. The van der Waals surface area contributed by atoms with E-state index in [1.165, 1.54) is 24.3 Å². The lowest BCUT2D eigenvalue weighted by atomic mass is 10.0. The lowest BCUT2D eigenvalue weighted by Gasteiger charge is -2.10. The van der Waals surface area contributed by atoms with Crippen LogP contribution in [0, 0.1) is 11.7 Å². The Labute approximate surface area is 139 Å². The number of pyridine rings is 1. The molecule has 1 atom stereocenters. The van der Waals surface area contributed by atoms with Gasteiger partial charge >= 0.3 is 0 Å². The van der Waals surface area contributed by atoms with Crippen LogP contribution in [0.5, 0.6) is 0 Å². The van der Waals surface area contributed by atoms with Gasteiger partial charge in [-0.1, -0.05) is 0 Å². The molecule has 0 saturated carbocycles. The van der Waals surface area contributed by atoms with Crippen LogP contribution in [0.2, 0.25) is 0 Å². The Morgan fingerprint density at radius 2 is 2.17 bits per heavy atom. The Balaban J connectivity index is 0.00000192. The monoisotopic (exact) mass is 339 g/mol. The lowest BCUT2D eigenvalue weighted by Crippen LogP contribution is -2.27. The third-order valence-electron chi connectivity index (χ3n) is 4.05. The molecular weight excluding hydrogens is 321 g/mol. The largest absolute Gasteiger partial charge is 0.352 e. The van der Waals surface area contributed by atoms with Gasteiger partial charge in [0.15, 0.2) is 0 Å². The molecule has 23 heavy (non-hydrogen) atoms. The highest BCUT2D eigenvalue weighted by Crippen LogP contribution is 2.16. The third-order valence-corrected chi connectivity index (χ3v) is 4.05. The maximum absolute atomic E-state index is 13.2. The Hall–Kier alpha value is -1.92. The zero-order chi connectivity index (χ0) is 15.5. The summed E-state index contributed by atoms with van der Waals surface area (Å²) < 4.78 is 13.2. The summed E-state index contributed by atoms with van der Waals surface area (Å²) in [5, 5.41) is 6.67. The molecule has 7 heteroatoms. The number of amides is 1. The molecule has 2 aromatic rings. The maximum Gasteiger partial charge on any atom is 0.252 e. The lowest BCUT2D eigenvalue weighted by molar-refractivity contribution is 0.0953. The molecule has 1 amide bonds. The van der Waals surface area contributed by atoms with Gasteiger partial charge in [-0.3, -0.25) is 9.59 Å². The molecule has 5 nitrogen and oxygen atoms in total. The number of aromatic amines is 1. The third kappa shape index (κ3) is 4.09. The van der Waals surface area contributed by atoms with Crippen molar-refractivity contribution in [2.24, 2.45) is 5.92 Å². The van der Waals surface area contributed by atoms with Gasteiger partial charge in [0.25, 0.3) is 5.91 Å². The van der Waals surface area contributed by atoms with Crippen molar-refractivity contribution in [2.45, 2.75) is 12.8 Å². The van der Waals surface area contributed by atoms with Crippen molar-refractivity contribution >= 4 is 29.2 Å². The average molecular weight is 340 g/mol. The minimum absolute atomic E-state index is 0. The summed E-state index contributed by atoms with van der Waals surface area (Å²) in [6, 6.07) is 5.27. The molecule has 0 radical (unpaired) electrons. The van der Waals surface area contributed by atoms with Gasteiger partial charge in [0, 0.05) is 18.0 Å². The van der Waals surface area contributed by atoms with Gasteiger partial charge < -0.3 is 15.6 Å². The number of nitrogens with one attached hydrogen (secondary N) is 3. The van der Waals surface area contributed by atoms with Crippen LogP contribution < -0.4 is 16.2 Å². The van der Waals surface area contributed by atoms with E-state index in [0.717, 1.165) is 25.9 Å². The summed E-state index contributed by atoms with van der Waals surface area (Å²) >= 11 is 0. The first-order valence-electron chi connectivity index (χ1n) is 7.45. The number of H-pyrrole nitrogens is 1. The van der Waals surface area contributed by atoms with Gasteiger partial charge in [0.1, 0.15) is 5.82 Å². The van der Waals surface area contributed by atoms with E-state index in [4.69, 9.17) is 0 Å². The fraction of sp³-hybridized carbons (Fsp3) is 0.375. The standard InChI is InChI=1S/C16H18FN3O2.ClH/c17-11-1-2-12-13(8-15(21)20-14(12)7-11)16(22)19-6-4-10-3-5-18-9-10;/h1-2,7-8,10,18H,3-6,9H2,(H,19,22)(H,20,21);1H. The summed E-state index contributed by atoms with van der Waals surface area (Å²) in [5.74, 6) is -0.159. The predicted molar refractivity (Wildman–Crippen MR) is 89.7 cm³/mol. The number of benzene rings is 1. The molecular formula is C16H19ClFN3O2. The molecule has 3 N–H and O–H groups in total. The van der Waals surface area contributed by atoms with Gasteiger partial charge in [-0.2, -0.15) is 0 Å². The molecule has 3 rings (SSSR count). The normalized spacial score (nSPS) is 17.0. The molecule has 2 heterocycles. The summed E-state index contributed by atoms with van der Waals surface area (Å²) in [6.07, 6.45) is 2.04. The van der Waals surface area contributed by atoms with Crippen LogP contribution in [-0.2, 0) is 0 Å². The number of hydrogen-bond acceptors (Lipinski definition) is 3. The van der Waals surface area contributed by atoms with E-state index < -0.39 is 11.4 Å². The van der Waals surface area contributed by atoms with Crippen LogP contribution >= 0.6 is 12.4 Å². The Kier molecular flexibility index (Phi) is 5.74. The Morgan fingerprint density at radius 3 is 2.91 bits per heavy atom. The molecule has 1 saturated heterocycles. The first-order chi connectivity index (χ1) is 10.6. The molecule has 1 aliphatic heterocycles. The van der Waals surface area contributed by atoms with Crippen LogP contribution in [0.25, 0.3) is 10.9 Å². The molecule has 1 aromatic heterocycles. The van der Waals surface area contributed by atoms with Crippen molar-refractivity contribution in [2.75, 3.05) is 19.6 Å². The van der Waals surface area contributed by atoms with Crippen LogP contribution in [0.4, 0.5) is 4.39 Å². The zero-order valence-electron chi connectivity index (χ0n) is 12.5. The Morgan fingerprint density at radius 1 is 1.35 bits per heavy atom. The van der Waals surface area contributed by atoms with Gasteiger partial charge in [0.2, 0.25) is 5.56 Å². The van der Waals surface area contributed by atoms with E-state index in [2.05, 4.69) is 15.6 Å². The van der Waals surface area contributed by atoms with Crippen molar-refractivity contribution in [3.05, 3.63) is 46.0 Å². The predicted octanol–water partition coefficient (Wildman–Crippen LogP) is 1.82. The van der Waals surface area contributed by atoms with Gasteiger partial charge in [-0.25, -0.2) is 4.39 Å². The number of fused-ring (bicyclic) bond motifs is 1. The van der Waals surface area contributed by atoms with Crippen LogP contribution in [0.1, 0.15) is 23.2 Å². The van der Waals surface area contributed by atoms with Crippen molar-refractivity contribution in [3.8, 4) is 0 Å². The quantitative estimate of drug-likeness (QED) is 0.795. The number of rotatable bonds is 4. The number of carbonyl (C=O) groups excluding carboxylic acids is 1. The summed E-state index contributed by atoms with van der Waals surface area (Å²) in [6.45, 7) is 2.59. The van der Waals surface area contributed by atoms with Gasteiger partial charge in [-0.05, 0) is 50.0 Å². The second-order valence-electron chi connectivity index (χ2n) is 5.64. The van der Waals surface area contributed by atoms with E-state index in [1.807, 2.05) is 0 Å². The topological polar surface area (TPSA) is 74.0 Å². The van der Waals surface area contributed by atoms with Crippen molar-refractivity contribution in [3.63, 3.8) is 0 Å². The number of hydrogen-bond donors (Lipinski definition) is 3. The molecule has 0 aliphatic carbocycles. The molecule has 1 aliphatic rings. The molecule has 0 bridgehead atoms. The first kappa shape index (κ1) is 17.4. The number of halogens is 2. The fourth-order valence-electron chi connectivity index (χ4n) is 2.87. The highest BCUT2D eigenvalue weighted by molar-refractivity contribution is 6.05. The molecule has 0 spiro atoms. The van der Waals surface area contributed by atoms with Crippen LogP contribution in [0.3, 0.4) is 0 Å². The fourth-order valence-corrected chi connectivity index (χ4v) is 2.87. The molecule has 1 fully saturated rings. The second kappa shape index (κ2) is 7.57. The summed E-state index contributed by atoms with van der Waals surface area (Å²) in [4.78, 5) is 26.5. The van der Waals surface area contributed by atoms with E-state index in [9.17, 15) is 14.0 Å². The highest BCUT2D eigenvalue weighted by atomic mass is 35.5. The second-order valence-corrected chi connectivity index (χ2v) is 5.64.